The number of Topliss-reactive ketones (excluding diaryl/α,β-unsaturated/α-hetero) is 1. The summed E-state index contributed by atoms with van der Waals surface area (Å²) in [5.74, 6) is -5.10. The van der Waals surface area contributed by atoms with Crippen molar-refractivity contribution in [2.75, 3.05) is 25.3 Å². The molecule has 2 rings (SSSR count). The summed E-state index contributed by atoms with van der Waals surface area (Å²) < 4.78 is 4.80. The van der Waals surface area contributed by atoms with Gasteiger partial charge in [0.1, 0.15) is 25.1 Å². The van der Waals surface area contributed by atoms with Crippen LogP contribution in [0.25, 0.3) is 0 Å². The zero-order valence-corrected chi connectivity index (χ0v) is 16.3. The zero-order chi connectivity index (χ0) is 21.0. The lowest BCUT2D eigenvalue weighted by Crippen LogP contribution is -2.71. The molecule has 2 unspecified atom stereocenters. The van der Waals surface area contributed by atoms with Crippen LogP contribution in [0.2, 0.25) is 0 Å². The van der Waals surface area contributed by atoms with Crippen LogP contribution in [0, 0.1) is 0 Å². The number of aliphatic carboxylic acids is 1. The zero-order valence-electron chi connectivity index (χ0n) is 14.7. The van der Waals surface area contributed by atoms with Gasteiger partial charge in [0.25, 0.3) is 11.8 Å². The predicted molar refractivity (Wildman–Crippen MR) is 93.9 cm³/mol. The quantitative estimate of drug-likeness (QED) is 0.112. The van der Waals surface area contributed by atoms with Gasteiger partial charge in [-0.25, -0.2) is 0 Å². The van der Waals surface area contributed by atoms with Gasteiger partial charge in [-0.1, -0.05) is 5.16 Å². The highest BCUT2D eigenvalue weighted by Crippen LogP contribution is 2.40. The van der Waals surface area contributed by atoms with Crippen LogP contribution >= 0.6 is 23.4 Å². The van der Waals surface area contributed by atoms with E-state index in [1.54, 1.807) is 0 Å². The van der Waals surface area contributed by atoms with Gasteiger partial charge in [0.05, 0.1) is 17.5 Å². The molecule has 152 valence electrons. The van der Waals surface area contributed by atoms with Crippen molar-refractivity contribution < 1.29 is 38.7 Å². The summed E-state index contributed by atoms with van der Waals surface area (Å²) in [4.78, 5) is 64.2. The predicted octanol–water partition coefficient (Wildman–Crippen LogP) is -2.24. The number of thioether (sulfide) groups is 1. The fourth-order valence-electron chi connectivity index (χ4n) is 2.55. The molecular formula is C15H15ClN3O8S-. The highest BCUT2D eigenvalue weighted by atomic mass is 35.5. The van der Waals surface area contributed by atoms with Crippen LogP contribution < -0.4 is 10.4 Å². The monoisotopic (exact) mass is 432 g/mol. The number of carboxylic acid groups (broad SMARTS) is 1. The number of esters is 1. The Labute approximate surface area is 168 Å². The van der Waals surface area contributed by atoms with Crippen molar-refractivity contribution in [2.24, 2.45) is 5.16 Å². The lowest BCUT2D eigenvalue weighted by Gasteiger charge is -2.50. The fourth-order valence-corrected chi connectivity index (χ4v) is 4.01. The highest BCUT2D eigenvalue weighted by Gasteiger charge is 2.53. The molecule has 1 saturated heterocycles. The second kappa shape index (κ2) is 9.06. The third-order valence-electron chi connectivity index (χ3n) is 3.76. The number of β-lactam (4-membered cyclic amide) rings is 1. The number of carbonyl (C=O) groups is 5. The number of rotatable bonds is 8. The van der Waals surface area contributed by atoms with E-state index in [2.05, 4.69) is 15.3 Å². The van der Waals surface area contributed by atoms with Gasteiger partial charge in [-0.2, -0.15) is 0 Å². The SMILES string of the molecule is CO/N=C(\C(=O)CCl)C(=O)NC1C(=O)N2C(C(=O)[O-])=C(COC(C)=O)CSC12. The first-order chi connectivity index (χ1) is 13.2. The number of nitrogens with zero attached hydrogens (tertiary/aromatic N) is 2. The number of carbonyl (C=O) groups excluding carboxylic acids is 5. The molecule has 28 heavy (non-hydrogen) atoms. The van der Waals surface area contributed by atoms with E-state index in [-0.39, 0.29) is 17.9 Å². The molecular weight excluding hydrogens is 418 g/mol. The Morgan fingerprint density at radius 1 is 1.39 bits per heavy atom. The minimum Gasteiger partial charge on any atom is -0.543 e. The van der Waals surface area contributed by atoms with Gasteiger partial charge in [-0.3, -0.25) is 24.1 Å². The standard InChI is InChI=1S/C15H16ClN3O8S/c1-6(20)27-4-7-5-28-14-10(13(23)19(14)11(7)15(24)25)17-12(22)9(18-26-2)8(21)3-16/h10,14H,3-5H2,1-2H3,(H,17,22)(H,24,25)/p-1/b18-9+. The maximum Gasteiger partial charge on any atom is 0.302 e. The summed E-state index contributed by atoms with van der Waals surface area (Å²) >= 11 is 6.57. The third-order valence-corrected chi connectivity index (χ3v) is 5.34. The molecule has 2 heterocycles. The normalized spacial score (nSPS) is 21.5. The number of hydrogen-bond acceptors (Lipinski definition) is 10. The van der Waals surface area contributed by atoms with Crippen LogP contribution in [0.3, 0.4) is 0 Å². The van der Waals surface area contributed by atoms with Crippen LogP contribution in [0.15, 0.2) is 16.4 Å². The summed E-state index contributed by atoms with van der Waals surface area (Å²) in [7, 11) is 1.13. The van der Waals surface area contributed by atoms with E-state index in [1.165, 1.54) is 6.92 Å². The highest BCUT2D eigenvalue weighted by molar-refractivity contribution is 8.00. The van der Waals surface area contributed by atoms with Crippen LogP contribution in [0.4, 0.5) is 0 Å². The van der Waals surface area contributed by atoms with Gasteiger partial charge in [-0.15, -0.1) is 23.4 Å². The molecule has 2 amide bonds. The second-order valence-electron chi connectivity index (χ2n) is 5.56. The van der Waals surface area contributed by atoms with Gasteiger partial charge in [0.15, 0.2) is 0 Å². The second-order valence-corrected chi connectivity index (χ2v) is 6.93. The first-order valence-corrected chi connectivity index (χ1v) is 9.33. The van der Waals surface area contributed by atoms with Crippen LogP contribution in [-0.4, -0.2) is 76.9 Å². The molecule has 0 bridgehead atoms. The molecule has 0 aromatic rings. The van der Waals surface area contributed by atoms with Crippen molar-refractivity contribution >= 4 is 58.6 Å². The van der Waals surface area contributed by atoms with Crippen molar-refractivity contribution in [1.29, 1.82) is 0 Å². The van der Waals surface area contributed by atoms with Crippen molar-refractivity contribution in [3.63, 3.8) is 0 Å². The summed E-state index contributed by atoms with van der Waals surface area (Å²) in [5.41, 5.74) is -0.813. The number of fused-ring (bicyclic) bond motifs is 1. The number of oxime groups is 1. The van der Waals surface area contributed by atoms with Gasteiger partial charge >= 0.3 is 5.97 Å². The first kappa shape index (κ1) is 21.7. The summed E-state index contributed by atoms with van der Waals surface area (Å²) in [5, 5.41) is 16.4. The van der Waals surface area contributed by atoms with Crippen molar-refractivity contribution in [3.05, 3.63) is 11.3 Å². The van der Waals surface area contributed by atoms with Gasteiger partial charge in [0.2, 0.25) is 11.5 Å². The Balaban J connectivity index is 2.18. The summed E-state index contributed by atoms with van der Waals surface area (Å²) in [6, 6.07) is -1.09. The van der Waals surface area contributed by atoms with E-state index in [1.807, 2.05) is 0 Å². The third kappa shape index (κ3) is 4.28. The number of hydrogen-bond donors (Lipinski definition) is 1. The molecule has 13 heteroatoms. The van der Waals surface area contributed by atoms with Crippen molar-refractivity contribution in [2.45, 2.75) is 18.3 Å². The van der Waals surface area contributed by atoms with E-state index in [4.69, 9.17) is 16.3 Å². The molecule has 0 spiro atoms. The van der Waals surface area contributed by atoms with E-state index in [0.717, 1.165) is 23.8 Å². The summed E-state index contributed by atoms with van der Waals surface area (Å²) in [6.07, 6.45) is 0. The Morgan fingerprint density at radius 3 is 2.61 bits per heavy atom. The molecule has 1 fully saturated rings. The van der Waals surface area contributed by atoms with Crippen molar-refractivity contribution in [1.82, 2.24) is 10.2 Å². The molecule has 0 aromatic carbocycles. The number of alkyl halides is 1. The van der Waals surface area contributed by atoms with Crippen LogP contribution in [-0.2, 0) is 33.5 Å². The molecule has 2 atom stereocenters. The maximum atomic E-state index is 12.4. The van der Waals surface area contributed by atoms with E-state index in [0.29, 0.717) is 0 Å². The van der Waals surface area contributed by atoms with Gasteiger partial charge < -0.3 is 24.8 Å². The molecule has 0 aromatic heterocycles. The van der Waals surface area contributed by atoms with Crippen LogP contribution in [0.5, 0.6) is 0 Å². The Hall–Kier alpha value is -2.60. The first-order valence-electron chi connectivity index (χ1n) is 7.75. The topological polar surface area (TPSA) is 154 Å². The minimum atomic E-state index is -1.61. The molecule has 2 aliphatic heterocycles. The van der Waals surface area contributed by atoms with E-state index < -0.39 is 58.2 Å². The number of amides is 2. The van der Waals surface area contributed by atoms with Crippen molar-refractivity contribution in [3.8, 4) is 0 Å². The molecule has 0 radical (unpaired) electrons. The smallest absolute Gasteiger partial charge is 0.302 e. The minimum absolute atomic E-state index is 0.136. The van der Waals surface area contributed by atoms with Crippen LogP contribution in [0.1, 0.15) is 6.92 Å². The number of ether oxygens (including phenoxy) is 1. The average molecular weight is 433 g/mol. The number of ketones is 1. The van der Waals surface area contributed by atoms with Gasteiger partial charge in [0, 0.05) is 18.2 Å². The lowest BCUT2D eigenvalue weighted by atomic mass is 10.0. The van der Waals surface area contributed by atoms with Gasteiger partial charge in [-0.05, 0) is 0 Å². The van der Waals surface area contributed by atoms with E-state index in [9.17, 15) is 29.1 Å². The number of nitrogens with one attached hydrogen (secondary N) is 1. The molecule has 11 nitrogen and oxygen atoms in total. The largest absolute Gasteiger partial charge is 0.543 e. The molecule has 0 saturated carbocycles. The Bertz CT molecular complexity index is 796. The maximum absolute atomic E-state index is 12.4. The Morgan fingerprint density at radius 2 is 2.07 bits per heavy atom. The molecule has 2 aliphatic rings. The number of halogens is 1. The summed E-state index contributed by atoms with van der Waals surface area (Å²) in [6.45, 7) is 0.869. The van der Waals surface area contributed by atoms with E-state index >= 15 is 0 Å². The number of carboxylic acids is 1. The Kier molecular flexibility index (Phi) is 7.02. The molecule has 1 N–H and O–H groups in total. The average Bonchev–Trinajstić information content (AvgIpc) is 2.66. The fraction of sp³-hybridized carbons (Fsp3) is 0.467. The lowest BCUT2D eigenvalue weighted by molar-refractivity contribution is -0.301. The molecule has 0 aliphatic carbocycles.